The molecule has 0 heterocycles. The molecule has 0 aromatic heterocycles. The Bertz CT molecular complexity index is 8.00. The minimum atomic E-state index is 0. The van der Waals surface area contributed by atoms with Gasteiger partial charge in [-0.3, -0.25) is 0 Å². The monoisotopic (exact) mass is 192 g/mol. The Morgan fingerprint density at radius 2 is 1.00 bits per heavy atom. The van der Waals surface area contributed by atoms with E-state index in [0.29, 0.717) is 0 Å². The topological polar surface area (TPSA) is 0 Å². The fourth-order valence-electron chi connectivity index (χ4n) is 0. The molecule has 4 heavy (non-hydrogen) atoms. The summed E-state index contributed by atoms with van der Waals surface area (Å²) < 4.78 is 0. The van der Waals surface area contributed by atoms with Crippen molar-refractivity contribution in [1.82, 2.24) is 0 Å². The molecule has 0 unspecified atom stereocenters. The van der Waals surface area contributed by atoms with Gasteiger partial charge in [-0.05, 0) is 0 Å². The summed E-state index contributed by atoms with van der Waals surface area (Å²) in [6.45, 7) is 0. The Kier molecular flexibility index (Phi) is 246. The number of hydrogen-bond donors (Lipinski definition) is 0. The van der Waals surface area contributed by atoms with E-state index in [9.17, 15) is 0 Å². The van der Waals surface area contributed by atoms with Gasteiger partial charge in [0.1, 0.15) is 0 Å². The molecule has 0 aliphatic carbocycles. The van der Waals surface area contributed by atoms with Crippen LogP contribution < -0.4 is 0 Å². The Balaban J connectivity index is 0. The molecule has 0 aliphatic heterocycles. The molecule has 0 bridgehead atoms. The van der Waals surface area contributed by atoms with E-state index in [2.05, 4.69) is 0 Å². The molecule has 0 aromatic carbocycles. The molecular weight excluding hydrogens is 194 g/mol. The van der Waals surface area contributed by atoms with Crippen LogP contribution in [-0.4, -0.2) is 19.4 Å². The Morgan fingerprint density at radius 1 is 1.00 bits per heavy atom. The predicted octanol–water partition coefficient (Wildman–Crippen LogP) is -0.767. The molecule has 0 saturated carbocycles. The zero-order chi connectivity index (χ0) is 0. The average Bonchev–Trinajstić information content (AvgIpc) is 0. The van der Waals surface area contributed by atoms with Crippen molar-refractivity contribution in [3.8, 4) is 0 Å². The van der Waals surface area contributed by atoms with Gasteiger partial charge >= 0.3 is 0 Å². The van der Waals surface area contributed by atoms with Crippen molar-refractivity contribution in [3.63, 3.8) is 0 Å². The minimum absolute atomic E-state index is 0. The molecule has 0 aromatic rings. The van der Waals surface area contributed by atoms with Crippen LogP contribution in [0.2, 0.25) is 0 Å². The van der Waals surface area contributed by atoms with Crippen LogP contribution in [-0.2, 0) is 43.3 Å². The molecule has 0 fully saturated rings. The van der Waals surface area contributed by atoms with E-state index < -0.39 is 0 Å². The standard InChI is InChI=1S/B.Cu.Si.Zr. The molecule has 0 spiro atoms. The zero-order valence-corrected chi connectivity index (χ0v) is 6.28. The summed E-state index contributed by atoms with van der Waals surface area (Å²) >= 11 is 0. The summed E-state index contributed by atoms with van der Waals surface area (Å²) in [7, 11) is 0. The second kappa shape index (κ2) is 22.4. The summed E-state index contributed by atoms with van der Waals surface area (Å²) in [5, 5.41) is 0. The van der Waals surface area contributed by atoms with E-state index in [0.717, 1.165) is 0 Å². The number of rotatable bonds is 0. The van der Waals surface area contributed by atoms with Crippen LogP contribution in [0.15, 0.2) is 0 Å². The van der Waals surface area contributed by atoms with Gasteiger partial charge in [-0.2, -0.15) is 0 Å². The van der Waals surface area contributed by atoms with Crippen LogP contribution >= 0.6 is 0 Å². The van der Waals surface area contributed by atoms with E-state index >= 15 is 0 Å². The van der Waals surface area contributed by atoms with E-state index in [1.807, 2.05) is 0 Å². The zero-order valence-electron chi connectivity index (χ0n) is 1.88. The third-order valence-electron chi connectivity index (χ3n) is 0. The molecule has 8 radical (unpaired) electrons. The van der Waals surface area contributed by atoms with Crippen molar-refractivity contribution in [1.29, 1.82) is 0 Å². The van der Waals surface area contributed by atoms with Crippen LogP contribution in [0, 0.1) is 0 Å². The van der Waals surface area contributed by atoms with Crippen molar-refractivity contribution in [2.45, 2.75) is 0 Å². The van der Waals surface area contributed by atoms with Gasteiger partial charge in [0, 0.05) is 62.7 Å². The first-order valence-corrected chi connectivity index (χ1v) is 0. The van der Waals surface area contributed by atoms with Crippen molar-refractivity contribution >= 4 is 19.4 Å². The molecule has 0 N–H and O–H groups in total. The fraction of sp³-hybridized carbons (Fsp3) is 0. The minimum Gasteiger partial charge on any atom is 0 e. The molecule has 0 atom stereocenters. The van der Waals surface area contributed by atoms with E-state index in [1.165, 1.54) is 0 Å². The maximum Gasteiger partial charge on any atom is 0 e. The SMILES string of the molecule is [B].[Cu].[Si].[Zr]. The normalized spacial score (nSPS) is 0. The fourth-order valence-corrected chi connectivity index (χ4v) is 0. The Morgan fingerprint density at radius 3 is 1.00 bits per heavy atom. The maximum absolute atomic E-state index is 0. The van der Waals surface area contributed by atoms with Gasteiger partial charge in [0.25, 0.3) is 0 Å². The molecule has 0 aliphatic rings. The van der Waals surface area contributed by atoms with E-state index in [4.69, 9.17) is 0 Å². The van der Waals surface area contributed by atoms with Crippen LogP contribution in [0.1, 0.15) is 0 Å². The van der Waals surface area contributed by atoms with Gasteiger partial charge in [-0.25, -0.2) is 0 Å². The average molecular weight is 194 g/mol. The third kappa shape index (κ3) is 9.36. The van der Waals surface area contributed by atoms with Crippen molar-refractivity contribution in [2.75, 3.05) is 0 Å². The van der Waals surface area contributed by atoms with Crippen molar-refractivity contribution in [2.24, 2.45) is 0 Å². The third-order valence-corrected chi connectivity index (χ3v) is 0. The molecule has 0 rings (SSSR count). The maximum atomic E-state index is 0. The molecule has 0 saturated heterocycles. The smallest absolute Gasteiger partial charge is 0 e. The second-order valence-electron chi connectivity index (χ2n) is 0. The Hall–Kier alpha value is 1.68. The number of hydrogen-bond acceptors (Lipinski definition) is 0. The summed E-state index contributed by atoms with van der Waals surface area (Å²) in [5.41, 5.74) is 0. The van der Waals surface area contributed by atoms with Gasteiger partial charge in [0.15, 0.2) is 0 Å². The molecule has 4 heteroatoms. The largest absolute Gasteiger partial charge is 0 e. The van der Waals surface area contributed by atoms with Gasteiger partial charge in [0.2, 0.25) is 0 Å². The first-order chi connectivity index (χ1) is 0. The molecule has 0 nitrogen and oxygen atoms in total. The van der Waals surface area contributed by atoms with Crippen molar-refractivity contribution in [3.05, 3.63) is 0 Å². The molecule has 0 amide bonds. The van der Waals surface area contributed by atoms with Crippen LogP contribution in [0.4, 0.5) is 0 Å². The summed E-state index contributed by atoms with van der Waals surface area (Å²) in [6.07, 6.45) is 0. The van der Waals surface area contributed by atoms with E-state index in [-0.39, 0.29) is 62.7 Å². The van der Waals surface area contributed by atoms with Crippen LogP contribution in [0.25, 0.3) is 0 Å². The van der Waals surface area contributed by atoms with Gasteiger partial charge in [-0.15, -0.1) is 0 Å². The molecular formula is BCuSiZr. The van der Waals surface area contributed by atoms with Crippen LogP contribution in [0.5, 0.6) is 0 Å². The van der Waals surface area contributed by atoms with Gasteiger partial charge < -0.3 is 0 Å². The van der Waals surface area contributed by atoms with Gasteiger partial charge in [-0.1, -0.05) is 0 Å². The quantitative estimate of drug-likeness (QED) is 0.444. The van der Waals surface area contributed by atoms with Gasteiger partial charge in [0.05, 0.1) is 0 Å². The summed E-state index contributed by atoms with van der Waals surface area (Å²) in [6, 6.07) is 0. The van der Waals surface area contributed by atoms with E-state index in [1.54, 1.807) is 0 Å². The first-order valence-electron chi connectivity index (χ1n) is 0. The summed E-state index contributed by atoms with van der Waals surface area (Å²) in [5.74, 6) is 0. The summed E-state index contributed by atoms with van der Waals surface area (Å²) in [4.78, 5) is 0. The first kappa shape index (κ1) is 44.0. The Labute approximate surface area is 62.3 Å². The molecule has 22 valence electrons. The predicted molar refractivity (Wildman–Crippen MR) is 11.5 cm³/mol. The second-order valence-corrected chi connectivity index (χ2v) is 0. The van der Waals surface area contributed by atoms with Crippen molar-refractivity contribution < 1.29 is 43.3 Å². The van der Waals surface area contributed by atoms with Crippen LogP contribution in [0.3, 0.4) is 0 Å².